The molecule has 1 aromatic carbocycles. The summed E-state index contributed by atoms with van der Waals surface area (Å²) in [5.74, 6) is 0. The number of hydrogen-bond donors (Lipinski definition) is 1. The fraction of sp³-hybridized carbons (Fsp3) is 0.333. The Balaban J connectivity index is 3.26. The van der Waals surface area contributed by atoms with E-state index < -0.39 is 17.3 Å². The predicted molar refractivity (Wildman–Crippen MR) is 64.6 cm³/mol. The summed E-state index contributed by atoms with van der Waals surface area (Å²) in [6.45, 7) is 2.82. The Morgan fingerprint density at radius 1 is 1.26 bits per heavy atom. The Bertz CT molecular complexity index is 508. The quantitative estimate of drug-likeness (QED) is 0.303. The lowest BCUT2D eigenvalue weighted by Crippen LogP contribution is -2.35. The number of nitrogens with zero attached hydrogens (tertiary/aromatic N) is 2. The molecule has 0 atom stereocenters. The number of oxime groups is 1. The SMILES string of the molecule is CC(C)(/C=N\O)/[N+]([O-])=C/c1ccccc1C(F)(F)F. The zero-order valence-corrected chi connectivity index (χ0v) is 10.3. The van der Waals surface area contributed by atoms with E-state index in [1.165, 1.54) is 32.0 Å². The molecule has 0 aliphatic rings. The first-order valence-corrected chi connectivity index (χ1v) is 5.34. The average Bonchev–Trinajstić information content (AvgIpc) is 2.28. The summed E-state index contributed by atoms with van der Waals surface area (Å²) in [5.41, 5.74) is -2.40. The van der Waals surface area contributed by atoms with Crippen molar-refractivity contribution >= 4 is 12.4 Å². The summed E-state index contributed by atoms with van der Waals surface area (Å²) in [6, 6.07) is 4.74. The zero-order valence-electron chi connectivity index (χ0n) is 10.3. The molecule has 0 amide bonds. The molecule has 0 saturated carbocycles. The Labute approximate surface area is 108 Å². The summed E-state index contributed by atoms with van der Waals surface area (Å²) in [7, 11) is 0. The number of alkyl halides is 3. The maximum atomic E-state index is 12.7. The molecule has 0 unspecified atom stereocenters. The first kappa shape index (κ1) is 15.0. The maximum absolute atomic E-state index is 12.7. The van der Waals surface area contributed by atoms with Crippen molar-refractivity contribution in [3.63, 3.8) is 0 Å². The van der Waals surface area contributed by atoms with E-state index in [4.69, 9.17) is 5.21 Å². The molecule has 104 valence electrons. The van der Waals surface area contributed by atoms with Gasteiger partial charge in [-0.15, -0.1) is 0 Å². The van der Waals surface area contributed by atoms with Crippen LogP contribution in [0.2, 0.25) is 0 Å². The molecular weight excluding hydrogens is 261 g/mol. The molecule has 0 aliphatic heterocycles. The molecule has 0 spiro atoms. The van der Waals surface area contributed by atoms with E-state index in [2.05, 4.69) is 5.16 Å². The van der Waals surface area contributed by atoms with Crippen LogP contribution >= 0.6 is 0 Å². The first-order chi connectivity index (χ1) is 8.68. The van der Waals surface area contributed by atoms with Gasteiger partial charge in [0, 0.05) is 13.8 Å². The largest absolute Gasteiger partial charge is 0.623 e. The minimum absolute atomic E-state index is 0.246. The van der Waals surface area contributed by atoms with Crippen molar-refractivity contribution in [1.82, 2.24) is 0 Å². The summed E-state index contributed by atoms with van der Waals surface area (Å²) < 4.78 is 38.5. The number of hydrogen-bond acceptors (Lipinski definition) is 3. The summed E-state index contributed by atoms with van der Waals surface area (Å²) in [4.78, 5) is 0. The van der Waals surface area contributed by atoms with Gasteiger partial charge in [-0.05, 0) is 12.1 Å². The molecule has 1 N–H and O–H groups in total. The Morgan fingerprint density at radius 3 is 2.37 bits per heavy atom. The maximum Gasteiger partial charge on any atom is 0.417 e. The molecule has 19 heavy (non-hydrogen) atoms. The van der Waals surface area contributed by atoms with Gasteiger partial charge in [-0.1, -0.05) is 17.3 Å². The van der Waals surface area contributed by atoms with E-state index in [0.29, 0.717) is 4.74 Å². The normalized spacial score (nSPS) is 14.1. The van der Waals surface area contributed by atoms with Crippen LogP contribution < -0.4 is 0 Å². The highest BCUT2D eigenvalue weighted by atomic mass is 19.4. The molecule has 0 saturated heterocycles. The van der Waals surface area contributed by atoms with Gasteiger partial charge in [0.05, 0.1) is 11.1 Å². The van der Waals surface area contributed by atoms with Crippen LogP contribution in [-0.2, 0) is 6.18 Å². The van der Waals surface area contributed by atoms with Gasteiger partial charge in [-0.2, -0.15) is 13.2 Å². The van der Waals surface area contributed by atoms with E-state index in [1.807, 2.05) is 0 Å². The number of hydroxylamine groups is 1. The van der Waals surface area contributed by atoms with Gasteiger partial charge in [0.25, 0.3) is 0 Å². The summed E-state index contributed by atoms with van der Waals surface area (Å²) in [5, 5.41) is 22.9. The van der Waals surface area contributed by atoms with Crippen LogP contribution in [0.4, 0.5) is 13.2 Å². The second-order valence-electron chi connectivity index (χ2n) is 4.44. The Hall–Kier alpha value is -2.05. The topological polar surface area (TPSA) is 58.7 Å². The molecule has 0 radical (unpaired) electrons. The Morgan fingerprint density at radius 2 is 1.84 bits per heavy atom. The molecule has 0 bridgehead atoms. The van der Waals surface area contributed by atoms with Crippen LogP contribution in [-0.4, -0.2) is 27.9 Å². The minimum atomic E-state index is -4.54. The lowest BCUT2D eigenvalue weighted by molar-refractivity contribution is -0.511. The molecule has 4 nitrogen and oxygen atoms in total. The minimum Gasteiger partial charge on any atom is -0.623 e. The standard InChI is InChI=1S/C12H13F3N2O2/c1-11(2,8-16-18)17(19)7-9-5-3-4-6-10(9)12(13,14)15/h3-8,18H,1-2H3/b16-8-,17-7-. The third-order valence-electron chi connectivity index (χ3n) is 2.46. The van der Waals surface area contributed by atoms with Crippen LogP contribution in [0, 0.1) is 5.21 Å². The van der Waals surface area contributed by atoms with Gasteiger partial charge in [0.1, 0.15) is 6.21 Å². The molecule has 0 aliphatic carbocycles. The lowest BCUT2D eigenvalue weighted by atomic mass is 10.1. The average molecular weight is 274 g/mol. The van der Waals surface area contributed by atoms with Gasteiger partial charge in [0.15, 0.2) is 6.21 Å². The van der Waals surface area contributed by atoms with Gasteiger partial charge in [-0.3, -0.25) is 0 Å². The number of benzene rings is 1. The molecule has 1 aromatic rings. The van der Waals surface area contributed by atoms with Crippen LogP contribution in [0.5, 0.6) is 0 Å². The summed E-state index contributed by atoms with van der Waals surface area (Å²) in [6.07, 6.45) is -2.78. The van der Waals surface area contributed by atoms with Crippen molar-refractivity contribution in [3.05, 3.63) is 40.6 Å². The van der Waals surface area contributed by atoms with E-state index >= 15 is 0 Å². The van der Waals surface area contributed by atoms with Crippen molar-refractivity contribution in [2.75, 3.05) is 0 Å². The van der Waals surface area contributed by atoms with Crippen molar-refractivity contribution in [1.29, 1.82) is 0 Å². The van der Waals surface area contributed by atoms with E-state index in [-0.39, 0.29) is 5.56 Å². The van der Waals surface area contributed by atoms with Crippen molar-refractivity contribution < 1.29 is 23.1 Å². The van der Waals surface area contributed by atoms with Crippen LogP contribution in [0.25, 0.3) is 0 Å². The highest BCUT2D eigenvalue weighted by Crippen LogP contribution is 2.31. The Kier molecular flexibility index (Phi) is 4.18. The molecule has 0 fully saturated rings. The smallest absolute Gasteiger partial charge is 0.417 e. The van der Waals surface area contributed by atoms with Crippen molar-refractivity contribution in [3.8, 4) is 0 Å². The van der Waals surface area contributed by atoms with Crippen LogP contribution in [0.3, 0.4) is 0 Å². The van der Waals surface area contributed by atoms with Crippen LogP contribution in [0.1, 0.15) is 25.0 Å². The molecular formula is C12H13F3N2O2. The van der Waals surface area contributed by atoms with Gasteiger partial charge >= 0.3 is 6.18 Å². The number of rotatable bonds is 3. The zero-order chi connectivity index (χ0) is 14.7. The fourth-order valence-corrected chi connectivity index (χ4v) is 1.36. The van der Waals surface area contributed by atoms with E-state index in [0.717, 1.165) is 18.5 Å². The third-order valence-corrected chi connectivity index (χ3v) is 2.46. The first-order valence-electron chi connectivity index (χ1n) is 5.34. The van der Waals surface area contributed by atoms with Gasteiger partial charge < -0.3 is 10.4 Å². The highest BCUT2D eigenvalue weighted by molar-refractivity contribution is 5.79. The van der Waals surface area contributed by atoms with Gasteiger partial charge in [-0.25, -0.2) is 4.74 Å². The predicted octanol–water partition coefficient (Wildman–Crippen LogP) is 2.87. The third kappa shape index (κ3) is 3.70. The summed E-state index contributed by atoms with van der Waals surface area (Å²) >= 11 is 0. The second kappa shape index (κ2) is 5.29. The molecule has 0 heterocycles. The van der Waals surface area contributed by atoms with Crippen molar-refractivity contribution in [2.45, 2.75) is 25.6 Å². The van der Waals surface area contributed by atoms with Crippen molar-refractivity contribution in [2.24, 2.45) is 5.16 Å². The number of halogens is 3. The van der Waals surface area contributed by atoms with Gasteiger partial charge in [0.2, 0.25) is 5.54 Å². The van der Waals surface area contributed by atoms with E-state index in [9.17, 15) is 18.4 Å². The fourth-order valence-electron chi connectivity index (χ4n) is 1.36. The van der Waals surface area contributed by atoms with E-state index in [1.54, 1.807) is 0 Å². The lowest BCUT2D eigenvalue weighted by Gasteiger charge is -2.19. The highest BCUT2D eigenvalue weighted by Gasteiger charge is 2.34. The molecule has 1 rings (SSSR count). The molecule has 7 heteroatoms. The van der Waals surface area contributed by atoms with Crippen LogP contribution in [0.15, 0.2) is 29.4 Å². The second-order valence-corrected chi connectivity index (χ2v) is 4.44. The molecule has 0 aromatic heterocycles. The monoisotopic (exact) mass is 274 g/mol.